The molecule has 0 aliphatic heterocycles. The lowest BCUT2D eigenvalue weighted by molar-refractivity contribution is -0.148. The minimum atomic E-state index is -1.64. The van der Waals surface area contributed by atoms with E-state index in [9.17, 15) is 19.2 Å². The molecule has 0 heterocycles. The van der Waals surface area contributed by atoms with Crippen LogP contribution in [0.4, 0.5) is 14.4 Å². The van der Waals surface area contributed by atoms with E-state index < -0.39 is 41.9 Å². The Labute approximate surface area is 244 Å². The van der Waals surface area contributed by atoms with E-state index in [1.165, 1.54) is 0 Å². The Balaban J connectivity index is 1.97. The van der Waals surface area contributed by atoms with Gasteiger partial charge in [0, 0.05) is 0 Å². The van der Waals surface area contributed by atoms with Crippen LogP contribution in [0.15, 0.2) is 91.0 Å². The highest BCUT2D eigenvalue weighted by Gasteiger charge is 2.42. The summed E-state index contributed by atoms with van der Waals surface area (Å²) in [5.41, 5.74) is 3.23. The summed E-state index contributed by atoms with van der Waals surface area (Å²) in [6.07, 6.45) is -3.01. The molecule has 3 rings (SSSR count). The van der Waals surface area contributed by atoms with Gasteiger partial charge >= 0.3 is 24.2 Å². The maximum Gasteiger partial charge on any atom is 0.430 e. The molecule has 0 bridgehead atoms. The van der Waals surface area contributed by atoms with Crippen molar-refractivity contribution in [1.29, 1.82) is 0 Å². The summed E-state index contributed by atoms with van der Waals surface area (Å²) in [7, 11) is 1.12. The molecule has 3 aromatic carbocycles. The number of ether oxygens (including phenoxy) is 4. The van der Waals surface area contributed by atoms with Crippen LogP contribution in [0.25, 0.3) is 0 Å². The molecule has 0 fully saturated rings. The van der Waals surface area contributed by atoms with Gasteiger partial charge in [-0.2, -0.15) is 5.01 Å². The van der Waals surface area contributed by atoms with Crippen molar-refractivity contribution >= 4 is 24.2 Å². The number of amides is 3. The van der Waals surface area contributed by atoms with Crippen molar-refractivity contribution in [2.45, 2.75) is 51.7 Å². The zero-order valence-electron chi connectivity index (χ0n) is 23.9. The molecule has 3 amide bonds. The first-order valence-corrected chi connectivity index (χ1v) is 13.2. The summed E-state index contributed by atoms with van der Waals surface area (Å²) < 4.78 is 21.2. The Hall–Kier alpha value is -5.06. The van der Waals surface area contributed by atoms with Crippen molar-refractivity contribution in [3.63, 3.8) is 0 Å². The third kappa shape index (κ3) is 9.84. The second-order valence-corrected chi connectivity index (χ2v) is 10.1. The summed E-state index contributed by atoms with van der Waals surface area (Å²) >= 11 is 0. The Bertz CT molecular complexity index is 1310. The number of benzene rings is 3. The van der Waals surface area contributed by atoms with Gasteiger partial charge in [0.05, 0.1) is 13.2 Å². The van der Waals surface area contributed by atoms with Crippen molar-refractivity contribution in [2.24, 2.45) is 0 Å². The van der Waals surface area contributed by atoms with E-state index in [0.29, 0.717) is 21.7 Å². The van der Waals surface area contributed by atoms with E-state index >= 15 is 0 Å². The van der Waals surface area contributed by atoms with Crippen LogP contribution in [-0.2, 0) is 37.0 Å². The van der Waals surface area contributed by atoms with E-state index in [1.54, 1.807) is 99.6 Å². The molecule has 0 aliphatic carbocycles. The number of carbonyl (C=O) groups is 4. The summed E-state index contributed by atoms with van der Waals surface area (Å²) in [5.74, 6) is -0.958. The minimum absolute atomic E-state index is 0.110. The molecule has 0 aliphatic rings. The predicted molar refractivity (Wildman–Crippen MR) is 153 cm³/mol. The number of nitrogens with one attached hydrogen (secondary N) is 2. The fourth-order valence-corrected chi connectivity index (χ4v) is 3.82. The van der Waals surface area contributed by atoms with Gasteiger partial charge in [0.1, 0.15) is 18.8 Å². The minimum Gasteiger partial charge on any atom is -0.467 e. The number of rotatable bonds is 9. The first-order chi connectivity index (χ1) is 20.1. The van der Waals surface area contributed by atoms with Gasteiger partial charge in [-0.25, -0.2) is 24.6 Å². The third-order valence-corrected chi connectivity index (χ3v) is 5.69. The van der Waals surface area contributed by atoms with Crippen LogP contribution >= 0.6 is 0 Å². The molecular formula is C31H35N3O8. The van der Waals surface area contributed by atoms with Crippen molar-refractivity contribution in [1.82, 2.24) is 15.8 Å². The average molecular weight is 578 g/mol. The second-order valence-electron chi connectivity index (χ2n) is 10.1. The topological polar surface area (TPSA) is 132 Å². The third-order valence-electron chi connectivity index (χ3n) is 5.69. The highest BCUT2D eigenvalue weighted by Crippen LogP contribution is 2.24. The lowest BCUT2D eigenvalue weighted by Gasteiger charge is -2.34. The molecular weight excluding hydrogens is 542 g/mol. The summed E-state index contributed by atoms with van der Waals surface area (Å²) in [6, 6.07) is 23.2. The molecule has 0 saturated carbocycles. The van der Waals surface area contributed by atoms with E-state index in [0.717, 1.165) is 7.11 Å². The van der Waals surface area contributed by atoms with Gasteiger partial charge in [0.15, 0.2) is 6.04 Å². The van der Waals surface area contributed by atoms with Crippen molar-refractivity contribution < 1.29 is 38.1 Å². The lowest BCUT2D eigenvalue weighted by Crippen LogP contribution is -2.60. The number of hydrogen-bond donors (Lipinski definition) is 2. The molecule has 0 aromatic heterocycles. The molecule has 0 radical (unpaired) electrons. The molecule has 11 nitrogen and oxygen atoms in total. The number of nitrogens with zero attached hydrogens (tertiary/aromatic N) is 1. The molecule has 0 spiro atoms. The Kier molecular flexibility index (Phi) is 11.3. The Morgan fingerprint density at radius 1 is 0.738 bits per heavy atom. The fraction of sp³-hybridized carbons (Fsp3) is 0.290. The number of hydrogen-bond acceptors (Lipinski definition) is 8. The Morgan fingerprint density at radius 2 is 1.24 bits per heavy atom. The van der Waals surface area contributed by atoms with E-state index in [2.05, 4.69) is 10.7 Å². The van der Waals surface area contributed by atoms with Crippen LogP contribution in [0.5, 0.6) is 0 Å². The zero-order valence-corrected chi connectivity index (χ0v) is 23.9. The first-order valence-electron chi connectivity index (χ1n) is 13.2. The van der Waals surface area contributed by atoms with E-state index in [-0.39, 0.29) is 13.2 Å². The number of esters is 1. The van der Waals surface area contributed by atoms with E-state index in [1.807, 2.05) is 12.1 Å². The van der Waals surface area contributed by atoms with Gasteiger partial charge in [-0.1, -0.05) is 91.0 Å². The van der Waals surface area contributed by atoms with Crippen LogP contribution in [0.1, 0.15) is 43.5 Å². The highest BCUT2D eigenvalue weighted by molar-refractivity contribution is 5.85. The van der Waals surface area contributed by atoms with E-state index in [4.69, 9.17) is 18.9 Å². The molecule has 3 aromatic rings. The maximum absolute atomic E-state index is 13.5. The molecule has 0 unspecified atom stereocenters. The molecule has 42 heavy (non-hydrogen) atoms. The number of alkyl carbamates (subject to hydrolysis) is 1. The SMILES string of the molecule is COC(=O)[C@H]([C@@H](NC(=O)OC(C)(C)C)c1ccccc1)N(NC(=O)OCc1ccccc1)C(=O)OCc1ccccc1. The molecule has 2 atom stereocenters. The summed E-state index contributed by atoms with van der Waals surface area (Å²) in [4.78, 5) is 52.7. The van der Waals surface area contributed by atoms with Gasteiger partial charge < -0.3 is 24.3 Å². The van der Waals surface area contributed by atoms with Crippen LogP contribution in [-0.4, -0.2) is 48.0 Å². The lowest BCUT2D eigenvalue weighted by atomic mass is 9.99. The van der Waals surface area contributed by atoms with Gasteiger partial charge in [0.25, 0.3) is 0 Å². The van der Waals surface area contributed by atoms with Crippen molar-refractivity contribution in [3.8, 4) is 0 Å². The zero-order chi connectivity index (χ0) is 30.5. The normalized spacial score (nSPS) is 12.2. The fourth-order valence-electron chi connectivity index (χ4n) is 3.82. The smallest absolute Gasteiger partial charge is 0.430 e. The second kappa shape index (κ2) is 15.1. The van der Waals surface area contributed by atoms with Gasteiger partial charge in [-0.3, -0.25) is 0 Å². The predicted octanol–water partition coefficient (Wildman–Crippen LogP) is 5.27. The molecule has 11 heteroatoms. The maximum atomic E-state index is 13.5. The van der Waals surface area contributed by atoms with Gasteiger partial charge in [-0.05, 0) is 37.5 Å². The number of carbonyl (C=O) groups excluding carboxylic acids is 4. The average Bonchev–Trinajstić information content (AvgIpc) is 2.98. The first kappa shape index (κ1) is 31.5. The highest BCUT2D eigenvalue weighted by atomic mass is 16.6. The standard InChI is InChI=1S/C31H35N3O8/c1-31(2,3)42-28(36)32-25(24-18-12-7-13-19-24)26(27(35)39-4)34(30(38)41-21-23-16-10-6-11-17-23)33-29(37)40-20-22-14-8-5-9-15-22/h5-19,25-26H,20-21H2,1-4H3,(H,32,36)(H,33,37)/t25-,26-/m0/s1. The van der Waals surface area contributed by atoms with Crippen LogP contribution < -0.4 is 10.7 Å². The number of methoxy groups -OCH3 is 1. The van der Waals surface area contributed by atoms with Crippen LogP contribution in [0, 0.1) is 0 Å². The van der Waals surface area contributed by atoms with Crippen molar-refractivity contribution in [2.75, 3.05) is 7.11 Å². The van der Waals surface area contributed by atoms with Gasteiger partial charge in [0.2, 0.25) is 0 Å². The quantitative estimate of drug-likeness (QED) is 0.200. The summed E-state index contributed by atoms with van der Waals surface area (Å²) in [6.45, 7) is 4.76. The summed E-state index contributed by atoms with van der Waals surface area (Å²) in [5, 5.41) is 3.29. The van der Waals surface area contributed by atoms with Gasteiger partial charge in [-0.15, -0.1) is 0 Å². The van der Waals surface area contributed by atoms with Crippen LogP contribution in [0.3, 0.4) is 0 Å². The van der Waals surface area contributed by atoms with Crippen LogP contribution in [0.2, 0.25) is 0 Å². The molecule has 2 N–H and O–H groups in total. The van der Waals surface area contributed by atoms with Crippen molar-refractivity contribution in [3.05, 3.63) is 108 Å². The monoisotopic (exact) mass is 577 g/mol. The molecule has 222 valence electrons. The Morgan fingerprint density at radius 3 is 1.74 bits per heavy atom. The number of hydrazine groups is 1. The largest absolute Gasteiger partial charge is 0.467 e. The molecule has 0 saturated heterocycles.